The second-order valence-corrected chi connectivity index (χ2v) is 5.58. The topological polar surface area (TPSA) is 43.7 Å². The normalized spacial score (nSPS) is 27.6. The van der Waals surface area contributed by atoms with Gasteiger partial charge in [0.05, 0.1) is 0 Å². The van der Waals surface area contributed by atoms with Gasteiger partial charge in [-0.25, -0.2) is 0 Å². The van der Waals surface area contributed by atoms with Gasteiger partial charge < -0.3 is 15.1 Å². The van der Waals surface area contributed by atoms with Crippen molar-refractivity contribution in [2.75, 3.05) is 13.1 Å². The van der Waals surface area contributed by atoms with E-state index in [1.807, 2.05) is 6.07 Å². The number of benzene rings is 1. The molecule has 3 heteroatoms. The quantitative estimate of drug-likeness (QED) is 0.748. The maximum Gasteiger partial charge on any atom is 0.160 e. The van der Waals surface area contributed by atoms with Crippen LogP contribution >= 0.6 is 0 Å². The number of likely N-dealkylation sites (N-methyl/N-ethyl adjacent to an activating group) is 1. The van der Waals surface area contributed by atoms with Gasteiger partial charge in [0.1, 0.15) is 0 Å². The van der Waals surface area contributed by atoms with Crippen LogP contribution < -0.4 is 0 Å². The van der Waals surface area contributed by atoms with Crippen molar-refractivity contribution >= 4 is 0 Å². The molecule has 0 saturated carbocycles. The molecule has 98 valence electrons. The van der Waals surface area contributed by atoms with E-state index < -0.39 is 0 Å². The van der Waals surface area contributed by atoms with Crippen LogP contribution in [0.15, 0.2) is 12.1 Å². The number of rotatable bonds is 1. The summed E-state index contributed by atoms with van der Waals surface area (Å²) in [6.45, 7) is 4.55. The summed E-state index contributed by atoms with van der Waals surface area (Å²) < 4.78 is 0. The molecule has 1 aromatic rings. The number of phenolic OH excluding ortho intramolecular Hbond substituents is 2. The van der Waals surface area contributed by atoms with Crippen LogP contribution in [0.2, 0.25) is 0 Å². The van der Waals surface area contributed by atoms with Crippen molar-refractivity contribution in [1.82, 2.24) is 4.90 Å². The van der Waals surface area contributed by atoms with Gasteiger partial charge in [-0.15, -0.1) is 0 Å². The van der Waals surface area contributed by atoms with E-state index in [-0.39, 0.29) is 11.5 Å². The Hall–Kier alpha value is -1.22. The number of hydrogen-bond acceptors (Lipinski definition) is 3. The summed E-state index contributed by atoms with van der Waals surface area (Å²) in [5, 5.41) is 19.6. The molecule has 0 amide bonds. The molecular formula is C15H21NO2. The van der Waals surface area contributed by atoms with Crippen molar-refractivity contribution < 1.29 is 10.2 Å². The summed E-state index contributed by atoms with van der Waals surface area (Å²) in [5.41, 5.74) is 2.20. The molecule has 2 atom stereocenters. The predicted molar refractivity (Wildman–Crippen MR) is 70.9 cm³/mol. The highest BCUT2D eigenvalue weighted by atomic mass is 16.3. The molecule has 2 aliphatic rings. The minimum absolute atomic E-state index is 0.0235. The zero-order valence-electron chi connectivity index (χ0n) is 10.9. The minimum Gasteiger partial charge on any atom is -0.504 e. The van der Waals surface area contributed by atoms with E-state index in [4.69, 9.17) is 0 Å². The molecule has 1 fully saturated rings. The monoisotopic (exact) mass is 247 g/mol. The van der Waals surface area contributed by atoms with Crippen molar-refractivity contribution in [1.29, 1.82) is 0 Å². The van der Waals surface area contributed by atoms with Crippen LogP contribution in [0.3, 0.4) is 0 Å². The first-order chi connectivity index (χ1) is 8.70. The SMILES string of the molecule is CCN1CCCC2Cc3c(ccc(O)c3O)C[C@@H]21. The molecule has 3 rings (SSSR count). The third-order valence-corrected chi connectivity index (χ3v) is 4.69. The Morgan fingerprint density at radius 1 is 1.28 bits per heavy atom. The van der Waals surface area contributed by atoms with E-state index in [1.165, 1.54) is 24.9 Å². The molecule has 1 heterocycles. The molecule has 0 aromatic heterocycles. The van der Waals surface area contributed by atoms with Gasteiger partial charge in [0.25, 0.3) is 0 Å². The van der Waals surface area contributed by atoms with Crippen molar-refractivity contribution in [2.45, 2.75) is 38.6 Å². The summed E-state index contributed by atoms with van der Waals surface area (Å²) in [5.74, 6) is 0.772. The summed E-state index contributed by atoms with van der Waals surface area (Å²) in [7, 11) is 0. The van der Waals surface area contributed by atoms with E-state index >= 15 is 0 Å². The fourth-order valence-corrected chi connectivity index (χ4v) is 3.71. The van der Waals surface area contributed by atoms with E-state index in [0.717, 1.165) is 24.9 Å². The van der Waals surface area contributed by atoms with Gasteiger partial charge in [-0.05, 0) is 56.3 Å². The number of phenols is 2. The molecule has 2 N–H and O–H groups in total. The number of hydrogen-bond donors (Lipinski definition) is 2. The van der Waals surface area contributed by atoms with Crippen LogP contribution in [0.1, 0.15) is 30.9 Å². The molecule has 1 aliphatic heterocycles. The maximum absolute atomic E-state index is 9.99. The Kier molecular flexibility index (Phi) is 2.94. The van der Waals surface area contributed by atoms with Crippen molar-refractivity contribution in [3.8, 4) is 11.5 Å². The molecule has 1 saturated heterocycles. The van der Waals surface area contributed by atoms with E-state index in [9.17, 15) is 10.2 Å². The Balaban J connectivity index is 1.95. The Morgan fingerprint density at radius 3 is 2.89 bits per heavy atom. The van der Waals surface area contributed by atoms with Gasteiger partial charge in [-0.3, -0.25) is 0 Å². The maximum atomic E-state index is 9.99. The molecule has 1 unspecified atom stereocenters. The standard InChI is InChI=1S/C15H21NO2/c1-2-16-7-3-4-11-8-12-10(9-13(11)16)5-6-14(17)15(12)18/h5-6,11,13,17-18H,2-4,7-9H2,1H3/t11?,13-/m0/s1. The summed E-state index contributed by atoms with van der Waals surface area (Å²) in [4.78, 5) is 2.57. The molecule has 1 aromatic carbocycles. The average Bonchev–Trinajstić information content (AvgIpc) is 2.41. The fourth-order valence-electron chi connectivity index (χ4n) is 3.71. The zero-order chi connectivity index (χ0) is 12.7. The predicted octanol–water partition coefficient (Wildman–Crippen LogP) is 2.30. The molecular weight excluding hydrogens is 226 g/mol. The third-order valence-electron chi connectivity index (χ3n) is 4.69. The van der Waals surface area contributed by atoms with Crippen LogP contribution in [-0.2, 0) is 12.8 Å². The fraction of sp³-hybridized carbons (Fsp3) is 0.600. The smallest absolute Gasteiger partial charge is 0.160 e. The van der Waals surface area contributed by atoms with Crippen molar-refractivity contribution in [3.63, 3.8) is 0 Å². The number of aromatic hydroxyl groups is 2. The first-order valence-electron chi connectivity index (χ1n) is 6.97. The third kappa shape index (κ3) is 1.77. The van der Waals surface area contributed by atoms with Crippen LogP contribution in [-0.4, -0.2) is 34.2 Å². The van der Waals surface area contributed by atoms with Gasteiger partial charge in [0.15, 0.2) is 11.5 Å². The van der Waals surface area contributed by atoms with Gasteiger partial charge >= 0.3 is 0 Å². The number of fused-ring (bicyclic) bond motifs is 2. The van der Waals surface area contributed by atoms with Crippen molar-refractivity contribution in [2.24, 2.45) is 5.92 Å². The largest absolute Gasteiger partial charge is 0.504 e. The number of nitrogens with zero attached hydrogens (tertiary/aromatic N) is 1. The Labute approximate surface area is 108 Å². The van der Waals surface area contributed by atoms with Crippen molar-refractivity contribution in [3.05, 3.63) is 23.3 Å². The first-order valence-corrected chi connectivity index (χ1v) is 6.97. The Morgan fingerprint density at radius 2 is 2.11 bits per heavy atom. The van der Waals surface area contributed by atoms with Crippen LogP contribution in [0, 0.1) is 5.92 Å². The summed E-state index contributed by atoms with van der Waals surface area (Å²) in [6.07, 6.45) is 4.43. The number of piperidine rings is 1. The highest BCUT2D eigenvalue weighted by Gasteiger charge is 2.35. The highest BCUT2D eigenvalue weighted by Crippen LogP contribution is 2.41. The van der Waals surface area contributed by atoms with Crippen LogP contribution in [0.5, 0.6) is 11.5 Å². The lowest BCUT2D eigenvalue weighted by Crippen LogP contribution is -2.48. The summed E-state index contributed by atoms with van der Waals surface area (Å²) in [6, 6.07) is 4.22. The van der Waals surface area contributed by atoms with E-state index in [1.54, 1.807) is 6.07 Å². The lowest BCUT2D eigenvalue weighted by molar-refractivity contribution is 0.0902. The van der Waals surface area contributed by atoms with Gasteiger partial charge in [0.2, 0.25) is 0 Å². The molecule has 1 aliphatic carbocycles. The highest BCUT2D eigenvalue weighted by molar-refractivity contribution is 5.50. The van der Waals surface area contributed by atoms with Gasteiger partial charge in [0, 0.05) is 11.6 Å². The Bertz CT molecular complexity index is 458. The van der Waals surface area contributed by atoms with Gasteiger partial charge in [-0.1, -0.05) is 13.0 Å². The summed E-state index contributed by atoms with van der Waals surface area (Å²) >= 11 is 0. The molecule has 3 nitrogen and oxygen atoms in total. The molecule has 0 spiro atoms. The minimum atomic E-state index is 0.0235. The molecule has 0 radical (unpaired) electrons. The van der Waals surface area contributed by atoms with Crippen LogP contribution in [0.4, 0.5) is 0 Å². The average molecular weight is 247 g/mol. The molecule has 0 bridgehead atoms. The lowest BCUT2D eigenvalue weighted by Gasteiger charge is -2.44. The second-order valence-electron chi connectivity index (χ2n) is 5.58. The second kappa shape index (κ2) is 4.47. The number of likely N-dealkylation sites (tertiary alicyclic amines) is 1. The zero-order valence-corrected chi connectivity index (χ0v) is 10.9. The molecule has 18 heavy (non-hydrogen) atoms. The van der Waals surface area contributed by atoms with Crippen LogP contribution in [0.25, 0.3) is 0 Å². The lowest BCUT2D eigenvalue weighted by atomic mass is 9.75. The van der Waals surface area contributed by atoms with Gasteiger partial charge in [-0.2, -0.15) is 0 Å². The van der Waals surface area contributed by atoms with E-state index in [0.29, 0.717) is 12.0 Å². The van der Waals surface area contributed by atoms with E-state index in [2.05, 4.69) is 11.8 Å². The first kappa shape index (κ1) is 11.8.